The maximum atomic E-state index is 4.45. The van der Waals surface area contributed by atoms with E-state index >= 15 is 0 Å². The first kappa shape index (κ1) is 12.7. The normalized spacial score (nSPS) is 11.1. The van der Waals surface area contributed by atoms with Crippen LogP contribution in [0.1, 0.15) is 23.2 Å². The van der Waals surface area contributed by atoms with Gasteiger partial charge < -0.3 is 5.32 Å². The summed E-state index contributed by atoms with van der Waals surface area (Å²) in [7, 11) is 0. The van der Waals surface area contributed by atoms with E-state index in [-0.39, 0.29) is 0 Å². The Balaban J connectivity index is 1.56. The number of pyridine rings is 1. The highest BCUT2D eigenvalue weighted by molar-refractivity contribution is 5.45. The summed E-state index contributed by atoms with van der Waals surface area (Å²) in [5, 5.41) is 14.6. The van der Waals surface area contributed by atoms with Crippen LogP contribution in [0.2, 0.25) is 0 Å². The van der Waals surface area contributed by atoms with Crippen LogP contribution in [0.25, 0.3) is 5.65 Å². The predicted octanol–water partition coefficient (Wildman–Crippen LogP) is 2.11. The van der Waals surface area contributed by atoms with Crippen molar-refractivity contribution < 1.29 is 0 Å². The Bertz CT molecular complexity index is 711. The summed E-state index contributed by atoms with van der Waals surface area (Å²) in [6, 6.07) is 4.04. The second-order valence-corrected chi connectivity index (χ2v) is 4.99. The fourth-order valence-electron chi connectivity index (χ4n) is 2.17. The molecule has 0 fully saturated rings. The number of anilines is 1. The highest BCUT2D eigenvalue weighted by atomic mass is 15.3. The number of aromatic amines is 1. The molecular weight excluding hydrogens is 252 g/mol. The second-order valence-electron chi connectivity index (χ2n) is 4.99. The summed E-state index contributed by atoms with van der Waals surface area (Å²) in [5.41, 5.74) is 4.47. The maximum Gasteiger partial charge on any atom is 0.243 e. The minimum atomic E-state index is 0.680. The first-order chi connectivity index (χ1) is 9.72. The highest BCUT2D eigenvalue weighted by Gasteiger charge is 2.03. The molecule has 20 heavy (non-hydrogen) atoms. The van der Waals surface area contributed by atoms with E-state index in [1.165, 1.54) is 11.1 Å². The summed E-state index contributed by atoms with van der Waals surface area (Å²) >= 11 is 0. The first-order valence-electron chi connectivity index (χ1n) is 6.78. The zero-order valence-corrected chi connectivity index (χ0v) is 11.7. The van der Waals surface area contributed by atoms with Crippen LogP contribution < -0.4 is 5.32 Å². The molecule has 2 N–H and O–H groups in total. The van der Waals surface area contributed by atoms with Crippen LogP contribution in [-0.4, -0.2) is 31.3 Å². The van der Waals surface area contributed by atoms with Crippen molar-refractivity contribution in [3.05, 3.63) is 41.3 Å². The van der Waals surface area contributed by atoms with Crippen molar-refractivity contribution in [3.8, 4) is 0 Å². The minimum Gasteiger partial charge on any atom is -0.353 e. The van der Waals surface area contributed by atoms with E-state index in [2.05, 4.69) is 32.5 Å². The van der Waals surface area contributed by atoms with Gasteiger partial charge in [0.15, 0.2) is 5.65 Å². The van der Waals surface area contributed by atoms with Crippen LogP contribution in [0.5, 0.6) is 0 Å². The monoisotopic (exact) mass is 270 g/mol. The van der Waals surface area contributed by atoms with Crippen molar-refractivity contribution in [3.63, 3.8) is 0 Å². The summed E-state index contributed by atoms with van der Waals surface area (Å²) < 4.78 is 1.79. The number of hydrogen-bond acceptors (Lipinski definition) is 4. The van der Waals surface area contributed by atoms with E-state index in [9.17, 15) is 0 Å². The Labute approximate surface area is 117 Å². The fourth-order valence-corrected chi connectivity index (χ4v) is 2.17. The fraction of sp³-hybridized carbons (Fsp3) is 0.357. The average molecular weight is 270 g/mol. The maximum absolute atomic E-state index is 4.45. The summed E-state index contributed by atoms with van der Waals surface area (Å²) in [6.07, 6.45) is 5.84. The van der Waals surface area contributed by atoms with Crippen LogP contribution in [0.15, 0.2) is 24.5 Å². The Kier molecular flexibility index (Phi) is 3.37. The number of nitrogens with zero attached hydrogens (tertiary/aromatic N) is 4. The molecule has 0 aliphatic rings. The predicted molar refractivity (Wildman–Crippen MR) is 77.9 cm³/mol. The van der Waals surface area contributed by atoms with Gasteiger partial charge in [-0.2, -0.15) is 10.1 Å². The Morgan fingerprint density at radius 1 is 1.35 bits per heavy atom. The van der Waals surface area contributed by atoms with Gasteiger partial charge in [0.1, 0.15) is 0 Å². The van der Waals surface area contributed by atoms with E-state index in [4.69, 9.17) is 0 Å². The lowest BCUT2D eigenvalue weighted by Gasteiger charge is -2.01. The number of rotatable bonds is 5. The number of hydrogen-bond donors (Lipinski definition) is 2. The molecule has 104 valence electrons. The summed E-state index contributed by atoms with van der Waals surface area (Å²) in [6.45, 7) is 4.94. The quantitative estimate of drug-likeness (QED) is 0.697. The van der Waals surface area contributed by atoms with Crippen molar-refractivity contribution in [2.45, 2.75) is 26.7 Å². The largest absolute Gasteiger partial charge is 0.353 e. The zero-order chi connectivity index (χ0) is 13.9. The third kappa shape index (κ3) is 2.64. The topological polar surface area (TPSA) is 70.9 Å². The van der Waals surface area contributed by atoms with Crippen molar-refractivity contribution in [2.24, 2.45) is 0 Å². The molecule has 0 radical (unpaired) electrons. The molecule has 6 heteroatoms. The lowest BCUT2D eigenvalue weighted by Crippen LogP contribution is -2.04. The van der Waals surface area contributed by atoms with Crippen LogP contribution in [0.3, 0.4) is 0 Å². The Hall–Kier alpha value is -2.37. The summed E-state index contributed by atoms with van der Waals surface area (Å²) in [5.74, 6) is 0.680. The van der Waals surface area contributed by atoms with Gasteiger partial charge in [-0.15, -0.1) is 5.10 Å². The minimum absolute atomic E-state index is 0.680. The van der Waals surface area contributed by atoms with Crippen LogP contribution in [0.4, 0.5) is 5.95 Å². The van der Waals surface area contributed by atoms with E-state index in [0.717, 1.165) is 30.7 Å². The van der Waals surface area contributed by atoms with Crippen molar-refractivity contribution in [2.75, 3.05) is 11.9 Å². The number of nitrogens with one attached hydrogen (secondary N) is 2. The molecule has 3 aromatic rings. The molecule has 3 aromatic heterocycles. The lowest BCUT2D eigenvalue weighted by atomic mass is 10.1. The lowest BCUT2D eigenvalue weighted by molar-refractivity contribution is 0.844. The van der Waals surface area contributed by atoms with Gasteiger partial charge >= 0.3 is 0 Å². The molecule has 0 bridgehead atoms. The highest BCUT2D eigenvalue weighted by Crippen LogP contribution is 2.09. The molecule has 6 nitrogen and oxygen atoms in total. The second kappa shape index (κ2) is 5.32. The number of aromatic nitrogens is 5. The standard InChI is InChI=1S/C14H18N6/c1-10-5-7-20-13(8-10)17-14(19-20)15-6-3-4-12-9-16-18-11(12)2/h5,7-9H,3-4,6H2,1-2H3,(H,15,19)(H,16,18). The van der Waals surface area contributed by atoms with Gasteiger partial charge in [0.2, 0.25) is 5.95 Å². The van der Waals surface area contributed by atoms with E-state index in [1.54, 1.807) is 4.52 Å². The molecule has 0 aromatic carbocycles. The molecule has 0 spiro atoms. The van der Waals surface area contributed by atoms with E-state index in [0.29, 0.717) is 5.95 Å². The van der Waals surface area contributed by atoms with Gasteiger partial charge in [0.25, 0.3) is 0 Å². The van der Waals surface area contributed by atoms with Gasteiger partial charge in [0, 0.05) is 18.4 Å². The van der Waals surface area contributed by atoms with Crippen LogP contribution in [0, 0.1) is 13.8 Å². The molecule has 3 rings (SSSR count). The molecule has 0 amide bonds. The van der Waals surface area contributed by atoms with Crippen LogP contribution >= 0.6 is 0 Å². The molecule has 0 saturated carbocycles. The SMILES string of the molecule is Cc1ccn2nc(NCCCc3cn[nH]c3C)nc2c1. The van der Waals surface area contributed by atoms with Crippen molar-refractivity contribution in [1.82, 2.24) is 24.8 Å². The Morgan fingerprint density at radius 3 is 3.05 bits per heavy atom. The molecule has 0 aliphatic carbocycles. The molecule has 0 atom stereocenters. The molecule has 0 unspecified atom stereocenters. The Morgan fingerprint density at radius 2 is 2.25 bits per heavy atom. The van der Waals surface area contributed by atoms with E-state index < -0.39 is 0 Å². The first-order valence-corrected chi connectivity index (χ1v) is 6.78. The van der Waals surface area contributed by atoms with Crippen molar-refractivity contribution in [1.29, 1.82) is 0 Å². The van der Waals surface area contributed by atoms with Gasteiger partial charge in [-0.25, -0.2) is 4.52 Å². The van der Waals surface area contributed by atoms with Gasteiger partial charge in [-0.05, 0) is 49.9 Å². The average Bonchev–Trinajstić information content (AvgIpc) is 3.00. The number of fused-ring (bicyclic) bond motifs is 1. The number of H-pyrrole nitrogens is 1. The molecular formula is C14H18N6. The van der Waals surface area contributed by atoms with Gasteiger partial charge in [0.05, 0.1) is 6.20 Å². The molecule has 0 aliphatic heterocycles. The van der Waals surface area contributed by atoms with Crippen LogP contribution in [-0.2, 0) is 6.42 Å². The summed E-state index contributed by atoms with van der Waals surface area (Å²) in [4.78, 5) is 4.45. The smallest absolute Gasteiger partial charge is 0.243 e. The van der Waals surface area contributed by atoms with Gasteiger partial charge in [-0.3, -0.25) is 5.10 Å². The van der Waals surface area contributed by atoms with E-state index in [1.807, 2.05) is 31.5 Å². The van der Waals surface area contributed by atoms with Crippen molar-refractivity contribution >= 4 is 11.6 Å². The number of aryl methyl sites for hydroxylation is 3. The molecule has 3 heterocycles. The third-order valence-corrected chi connectivity index (χ3v) is 3.33. The third-order valence-electron chi connectivity index (χ3n) is 3.33. The molecule has 0 saturated heterocycles. The van der Waals surface area contributed by atoms with Gasteiger partial charge in [-0.1, -0.05) is 0 Å². The zero-order valence-electron chi connectivity index (χ0n) is 11.7.